The third-order valence-corrected chi connectivity index (χ3v) is 2.33. The van der Waals surface area contributed by atoms with Gasteiger partial charge in [0.15, 0.2) is 0 Å². The number of carbonyl (C=O) groups excluding carboxylic acids is 1. The van der Waals surface area contributed by atoms with Crippen molar-refractivity contribution in [1.29, 1.82) is 0 Å². The van der Waals surface area contributed by atoms with Gasteiger partial charge in [0.05, 0.1) is 11.9 Å². The minimum atomic E-state index is -0.362. The summed E-state index contributed by atoms with van der Waals surface area (Å²) in [5.41, 5.74) is 6.02. The van der Waals surface area contributed by atoms with Gasteiger partial charge in [-0.1, -0.05) is 0 Å². The van der Waals surface area contributed by atoms with E-state index < -0.39 is 0 Å². The minimum absolute atomic E-state index is 0.276. The molecule has 0 radical (unpaired) electrons. The number of nitrogen functional groups attached to an aromatic ring is 1. The molecule has 16 heavy (non-hydrogen) atoms. The number of piperazine rings is 1. The van der Waals surface area contributed by atoms with Gasteiger partial charge in [0, 0.05) is 32.2 Å². The van der Waals surface area contributed by atoms with Crippen LogP contribution in [-0.2, 0) is 0 Å². The number of hydrogen-bond acceptors (Lipinski definition) is 5. The van der Waals surface area contributed by atoms with Gasteiger partial charge in [0.25, 0.3) is 0 Å². The maximum atomic E-state index is 11.7. The van der Waals surface area contributed by atoms with Crippen LogP contribution in [0, 0.1) is 0 Å². The largest absolute Gasteiger partial charge is 0.416 e. The molecule has 1 aromatic heterocycles. The Bertz CT molecular complexity index is 360. The molecule has 1 aliphatic heterocycles. The number of ether oxygens (including phenoxy) is 1. The average Bonchev–Trinajstić information content (AvgIpc) is 2.33. The maximum Gasteiger partial charge on any atom is 0.416 e. The van der Waals surface area contributed by atoms with Crippen LogP contribution < -0.4 is 15.8 Å². The highest BCUT2D eigenvalue weighted by Crippen LogP contribution is 2.10. The van der Waals surface area contributed by atoms with Gasteiger partial charge in [-0.15, -0.1) is 0 Å². The summed E-state index contributed by atoms with van der Waals surface area (Å²) in [6, 6.07) is 3.23. The van der Waals surface area contributed by atoms with Crippen LogP contribution in [0.4, 0.5) is 10.5 Å². The van der Waals surface area contributed by atoms with Gasteiger partial charge in [0.1, 0.15) is 0 Å². The van der Waals surface area contributed by atoms with Crippen LogP contribution in [0.5, 0.6) is 5.88 Å². The van der Waals surface area contributed by atoms with E-state index in [0.29, 0.717) is 18.8 Å². The molecule has 1 saturated heterocycles. The lowest BCUT2D eigenvalue weighted by molar-refractivity contribution is 0.144. The van der Waals surface area contributed by atoms with Gasteiger partial charge in [-0.3, -0.25) is 0 Å². The van der Waals surface area contributed by atoms with Crippen molar-refractivity contribution in [3.8, 4) is 5.88 Å². The van der Waals surface area contributed by atoms with Crippen LogP contribution in [-0.4, -0.2) is 42.2 Å². The van der Waals surface area contributed by atoms with Crippen molar-refractivity contribution in [2.45, 2.75) is 0 Å². The van der Waals surface area contributed by atoms with Gasteiger partial charge < -0.3 is 20.7 Å². The van der Waals surface area contributed by atoms with E-state index >= 15 is 0 Å². The summed E-state index contributed by atoms with van der Waals surface area (Å²) in [4.78, 5) is 17.2. The Labute approximate surface area is 93.4 Å². The third-order valence-electron chi connectivity index (χ3n) is 2.33. The second kappa shape index (κ2) is 4.80. The standard InChI is InChI=1S/C10H14N4O2/c11-8-1-2-9(13-7-8)16-10(15)14-5-3-12-4-6-14/h1-2,7,12H,3-6,11H2. The van der Waals surface area contributed by atoms with E-state index in [4.69, 9.17) is 10.5 Å². The van der Waals surface area contributed by atoms with E-state index in [1.54, 1.807) is 17.0 Å². The summed E-state index contributed by atoms with van der Waals surface area (Å²) in [7, 11) is 0. The molecule has 0 saturated carbocycles. The van der Waals surface area contributed by atoms with Crippen LogP contribution in [0.1, 0.15) is 0 Å². The molecule has 2 rings (SSSR count). The molecule has 0 aliphatic carbocycles. The lowest BCUT2D eigenvalue weighted by Crippen LogP contribution is -2.47. The smallest absolute Gasteiger partial charge is 0.397 e. The first-order valence-electron chi connectivity index (χ1n) is 5.15. The lowest BCUT2D eigenvalue weighted by Gasteiger charge is -2.26. The average molecular weight is 222 g/mol. The number of hydrogen-bond donors (Lipinski definition) is 2. The Hall–Kier alpha value is -1.82. The number of aromatic nitrogens is 1. The highest BCUT2D eigenvalue weighted by molar-refractivity contribution is 5.70. The van der Waals surface area contributed by atoms with E-state index in [1.807, 2.05) is 0 Å². The molecular weight excluding hydrogens is 208 g/mol. The van der Waals surface area contributed by atoms with Crippen molar-refractivity contribution in [2.75, 3.05) is 31.9 Å². The maximum absolute atomic E-state index is 11.7. The quantitative estimate of drug-likeness (QED) is 0.702. The SMILES string of the molecule is Nc1ccc(OC(=O)N2CCNCC2)nc1. The Morgan fingerprint density at radius 1 is 1.44 bits per heavy atom. The number of anilines is 1. The van der Waals surface area contributed by atoms with Gasteiger partial charge >= 0.3 is 6.09 Å². The molecule has 0 bridgehead atoms. The van der Waals surface area contributed by atoms with E-state index in [0.717, 1.165) is 13.1 Å². The van der Waals surface area contributed by atoms with Crippen molar-refractivity contribution in [1.82, 2.24) is 15.2 Å². The molecule has 0 aromatic carbocycles. The number of carbonyl (C=O) groups is 1. The van der Waals surface area contributed by atoms with Crippen molar-refractivity contribution in [2.24, 2.45) is 0 Å². The molecule has 0 unspecified atom stereocenters. The Balaban J connectivity index is 1.93. The molecule has 1 amide bonds. The second-order valence-electron chi connectivity index (χ2n) is 3.53. The fourth-order valence-electron chi connectivity index (χ4n) is 1.45. The number of nitrogens with zero attached hydrogens (tertiary/aromatic N) is 2. The zero-order valence-corrected chi connectivity index (χ0v) is 8.85. The van der Waals surface area contributed by atoms with Gasteiger partial charge in [-0.2, -0.15) is 0 Å². The molecule has 2 heterocycles. The van der Waals surface area contributed by atoms with Gasteiger partial charge in [-0.05, 0) is 6.07 Å². The molecule has 0 spiro atoms. The summed E-state index contributed by atoms with van der Waals surface area (Å²) >= 11 is 0. The number of pyridine rings is 1. The monoisotopic (exact) mass is 222 g/mol. The molecule has 0 atom stereocenters. The first-order chi connectivity index (χ1) is 7.75. The molecule has 3 N–H and O–H groups in total. The van der Waals surface area contributed by atoms with Crippen molar-refractivity contribution >= 4 is 11.8 Å². The number of nitrogens with two attached hydrogens (primary N) is 1. The minimum Gasteiger partial charge on any atom is -0.397 e. The van der Waals surface area contributed by atoms with Crippen LogP contribution >= 0.6 is 0 Å². The summed E-state index contributed by atoms with van der Waals surface area (Å²) in [6.45, 7) is 2.91. The third kappa shape index (κ3) is 2.60. The van der Waals surface area contributed by atoms with E-state index in [9.17, 15) is 4.79 Å². The Kier molecular flexibility index (Phi) is 3.21. The highest BCUT2D eigenvalue weighted by atomic mass is 16.6. The first-order valence-corrected chi connectivity index (χ1v) is 5.15. The Morgan fingerprint density at radius 3 is 2.81 bits per heavy atom. The van der Waals surface area contributed by atoms with Gasteiger partial charge in [0.2, 0.25) is 5.88 Å². The van der Waals surface area contributed by atoms with Gasteiger partial charge in [-0.25, -0.2) is 9.78 Å². The van der Waals surface area contributed by atoms with E-state index in [1.165, 1.54) is 6.20 Å². The van der Waals surface area contributed by atoms with Crippen LogP contribution in [0.3, 0.4) is 0 Å². The van der Waals surface area contributed by atoms with Crippen molar-refractivity contribution in [3.63, 3.8) is 0 Å². The molecule has 1 aromatic rings. The predicted molar refractivity (Wildman–Crippen MR) is 59.1 cm³/mol. The van der Waals surface area contributed by atoms with E-state index in [-0.39, 0.29) is 12.0 Å². The van der Waals surface area contributed by atoms with Crippen molar-refractivity contribution in [3.05, 3.63) is 18.3 Å². The molecule has 1 fully saturated rings. The highest BCUT2D eigenvalue weighted by Gasteiger charge is 2.18. The first kappa shape index (κ1) is 10.7. The fourth-order valence-corrected chi connectivity index (χ4v) is 1.45. The molecular formula is C10H14N4O2. The molecule has 6 nitrogen and oxygen atoms in total. The molecule has 6 heteroatoms. The number of rotatable bonds is 1. The fraction of sp³-hybridized carbons (Fsp3) is 0.400. The predicted octanol–water partition coefficient (Wildman–Crippen LogP) is 0.0678. The van der Waals surface area contributed by atoms with Crippen LogP contribution in [0.25, 0.3) is 0 Å². The zero-order valence-electron chi connectivity index (χ0n) is 8.85. The molecule has 1 aliphatic rings. The van der Waals surface area contributed by atoms with Crippen LogP contribution in [0.2, 0.25) is 0 Å². The lowest BCUT2D eigenvalue weighted by atomic mass is 10.4. The van der Waals surface area contributed by atoms with E-state index in [2.05, 4.69) is 10.3 Å². The molecule has 86 valence electrons. The topological polar surface area (TPSA) is 80.5 Å². The summed E-state index contributed by atoms with van der Waals surface area (Å²) < 4.78 is 5.10. The zero-order chi connectivity index (χ0) is 11.4. The summed E-state index contributed by atoms with van der Waals surface area (Å²) in [5.74, 6) is 0.276. The second-order valence-corrected chi connectivity index (χ2v) is 3.53. The van der Waals surface area contributed by atoms with Crippen LogP contribution in [0.15, 0.2) is 18.3 Å². The Morgan fingerprint density at radius 2 is 2.19 bits per heavy atom. The normalized spacial score (nSPS) is 15.9. The summed E-state index contributed by atoms with van der Waals surface area (Å²) in [5, 5.41) is 3.16. The number of amides is 1. The van der Waals surface area contributed by atoms with Crippen molar-refractivity contribution < 1.29 is 9.53 Å². The summed E-state index contributed by atoms with van der Waals surface area (Å²) in [6.07, 6.45) is 1.10. The number of nitrogens with one attached hydrogen (secondary N) is 1.